The van der Waals surface area contributed by atoms with Gasteiger partial charge in [-0.25, -0.2) is 0 Å². The predicted molar refractivity (Wildman–Crippen MR) is 117 cm³/mol. The molecule has 0 unspecified atom stereocenters. The summed E-state index contributed by atoms with van der Waals surface area (Å²) >= 11 is 12.6. The van der Waals surface area contributed by atoms with Gasteiger partial charge in [-0.3, -0.25) is 9.78 Å². The van der Waals surface area contributed by atoms with Gasteiger partial charge in [0.05, 0.1) is 16.1 Å². The molecule has 0 aliphatic heterocycles. The van der Waals surface area contributed by atoms with E-state index < -0.39 is 0 Å². The van der Waals surface area contributed by atoms with Crippen LogP contribution in [0.2, 0.25) is 10.0 Å². The number of carbonyl (C=O) groups excluding carboxylic acids is 1. The second-order valence-corrected chi connectivity index (χ2v) is 7.54. The van der Waals surface area contributed by atoms with Crippen LogP contribution in [0, 0.1) is 6.92 Å². The van der Waals surface area contributed by atoms with Gasteiger partial charge in [-0.05, 0) is 48.4 Å². The van der Waals surface area contributed by atoms with Crippen molar-refractivity contribution in [3.63, 3.8) is 0 Å². The first-order chi connectivity index (χ1) is 14.0. The molecule has 0 radical (unpaired) electrons. The number of hydrogen-bond donors (Lipinski definition) is 0. The Morgan fingerprint density at radius 2 is 1.76 bits per heavy atom. The number of nitrogens with zero attached hydrogens (tertiary/aromatic N) is 1. The molecule has 4 aromatic rings. The first kappa shape index (κ1) is 19.4. The van der Waals surface area contributed by atoms with E-state index in [2.05, 4.69) is 4.98 Å². The summed E-state index contributed by atoms with van der Waals surface area (Å²) < 4.78 is 5.85. The molecule has 0 aliphatic rings. The Labute approximate surface area is 178 Å². The molecule has 0 spiro atoms. The normalized spacial score (nSPS) is 10.9. The van der Waals surface area contributed by atoms with Gasteiger partial charge in [-0.2, -0.15) is 0 Å². The van der Waals surface area contributed by atoms with Gasteiger partial charge in [0.1, 0.15) is 12.4 Å². The molecule has 5 heteroatoms. The maximum atomic E-state index is 13.0. The van der Waals surface area contributed by atoms with Crippen LogP contribution in [-0.4, -0.2) is 10.8 Å². The molecule has 3 aromatic carbocycles. The van der Waals surface area contributed by atoms with E-state index in [1.807, 2.05) is 55.5 Å². The van der Waals surface area contributed by atoms with Gasteiger partial charge in [0.15, 0.2) is 5.78 Å². The number of aryl methyl sites for hydroxylation is 1. The topological polar surface area (TPSA) is 39.2 Å². The Morgan fingerprint density at radius 1 is 0.966 bits per heavy atom. The van der Waals surface area contributed by atoms with Crippen LogP contribution in [0.15, 0.2) is 72.9 Å². The highest BCUT2D eigenvalue weighted by Crippen LogP contribution is 2.31. The fourth-order valence-corrected chi connectivity index (χ4v) is 3.68. The molecule has 0 amide bonds. The van der Waals surface area contributed by atoms with E-state index in [4.69, 9.17) is 27.9 Å². The van der Waals surface area contributed by atoms with E-state index in [-0.39, 0.29) is 5.78 Å². The third kappa shape index (κ3) is 4.12. The van der Waals surface area contributed by atoms with Crippen LogP contribution in [0.4, 0.5) is 0 Å². The first-order valence-corrected chi connectivity index (χ1v) is 9.84. The van der Waals surface area contributed by atoms with Gasteiger partial charge in [-0.1, -0.05) is 53.5 Å². The van der Waals surface area contributed by atoms with Crippen LogP contribution in [0.1, 0.15) is 27.0 Å². The molecular formula is C24H17Cl2NO2. The van der Waals surface area contributed by atoms with Crippen LogP contribution >= 0.6 is 23.2 Å². The van der Waals surface area contributed by atoms with Gasteiger partial charge in [0.2, 0.25) is 0 Å². The minimum Gasteiger partial charge on any atom is -0.489 e. The molecule has 0 aliphatic carbocycles. The van der Waals surface area contributed by atoms with Crippen molar-refractivity contribution in [1.29, 1.82) is 0 Å². The van der Waals surface area contributed by atoms with Crippen molar-refractivity contribution in [2.45, 2.75) is 13.5 Å². The fourth-order valence-electron chi connectivity index (χ4n) is 3.16. The second kappa shape index (κ2) is 8.24. The molecule has 0 bridgehead atoms. The minimum absolute atomic E-state index is 0.178. The zero-order valence-corrected chi connectivity index (χ0v) is 17.2. The molecule has 0 saturated heterocycles. The van der Waals surface area contributed by atoms with E-state index in [1.165, 1.54) is 6.20 Å². The summed E-state index contributed by atoms with van der Waals surface area (Å²) in [5, 5.41) is 1.67. The van der Waals surface area contributed by atoms with Crippen molar-refractivity contribution in [1.82, 2.24) is 4.98 Å². The van der Waals surface area contributed by atoms with Crippen molar-refractivity contribution in [3.05, 3.63) is 105 Å². The van der Waals surface area contributed by atoms with E-state index in [9.17, 15) is 4.79 Å². The van der Waals surface area contributed by atoms with Gasteiger partial charge in [-0.15, -0.1) is 0 Å². The number of halogens is 2. The number of ketones is 1. The van der Waals surface area contributed by atoms with Crippen molar-refractivity contribution >= 4 is 39.9 Å². The lowest BCUT2D eigenvalue weighted by Crippen LogP contribution is -2.05. The Balaban J connectivity index is 1.63. The summed E-state index contributed by atoms with van der Waals surface area (Å²) in [5.74, 6) is 0.514. The average Bonchev–Trinajstić information content (AvgIpc) is 2.73. The molecule has 1 aromatic heterocycles. The lowest BCUT2D eigenvalue weighted by atomic mass is 9.99. The highest BCUT2D eigenvalue weighted by Gasteiger charge is 2.18. The van der Waals surface area contributed by atoms with Gasteiger partial charge in [0.25, 0.3) is 0 Å². The number of benzene rings is 3. The van der Waals surface area contributed by atoms with E-state index in [0.717, 1.165) is 11.1 Å². The van der Waals surface area contributed by atoms with Crippen molar-refractivity contribution in [2.24, 2.45) is 0 Å². The summed E-state index contributed by atoms with van der Waals surface area (Å²) in [7, 11) is 0. The van der Waals surface area contributed by atoms with Crippen molar-refractivity contribution in [3.8, 4) is 5.75 Å². The van der Waals surface area contributed by atoms with Crippen LogP contribution in [-0.2, 0) is 6.61 Å². The second-order valence-electron chi connectivity index (χ2n) is 6.73. The molecule has 0 fully saturated rings. The lowest BCUT2D eigenvalue weighted by molar-refractivity contribution is 0.103. The number of rotatable bonds is 5. The number of fused-ring (bicyclic) bond motifs is 1. The fraction of sp³-hybridized carbons (Fsp3) is 0.0833. The molecule has 0 N–H and O–H groups in total. The minimum atomic E-state index is -0.178. The maximum absolute atomic E-state index is 13.0. The lowest BCUT2D eigenvalue weighted by Gasteiger charge is -2.11. The van der Waals surface area contributed by atoms with Crippen LogP contribution in [0.5, 0.6) is 5.75 Å². The standard InChI is InChI=1S/C24H17Cl2NO2/c1-15-11-17(25)7-9-19(15)24(28)21-13-27-22-12-18(8-10-20(22)23(21)26)29-14-16-5-3-2-4-6-16/h2-13H,14H2,1H3. The first-order valence-electron chi connectivity index (χ1n) is 9.09. The smallest absolute Gasteiger partial charge is 0.196 e. The molecule has 4 rings (SSSR count). The largest absolute Gasteiger partial charge is 0.489 e. The van der Waals surface area contributed by atoms with Crippen molar-refractivity contribution < 1.29 is 9.53 Å². The zero-order chi connectivity index (χ0) is 20.4. The quantitative estimate of drug-likeness (QED) is 0.338. The highest BCUT2D eigenvalue weighted by molar-refractivity contribution is 6.39. The Morgan fingerprint density at radius 3 is 2.52 bits per heavy atom. The van der Waals surface area contributed by atoms with E-state index >= 15 is 0 Å². The average molecular weight is 422 g/mol. The van der Waals surface area contributed by atoms with E-state index in [1.54, 1.807) is 18.2 Å². The molecular weight excluding hydrogens is 405 g/mol. The summed E-state index contributed by atoms with van der Waals surface area (Å²) in [6, 6.07) is 20.6. The third-order valence-electron chi connectivity index (χ3n) is 4.70. The van der Waals surface area contributed by atoms with Crippen LogP contribution in [0.25, 0.3) is 10.9 Å². The number of hydrogen-bond acceptors (Lipinski definition) is 3. The predicted octanol–water partition coefficient (Wildman–Crippen LogP) is 6.66. The monoisotopic (exact) mass is 421 g/mol. The zero-order valence-electron chi connectivity index (χ0n) is 15.7. The summed E-state index contributed by atoms with van der Waals surface area (Å²) in [6.07, 6.45) is 1.52. The number of ether oxygens (including phenoxy) is 1. The van der Waals surface area contributed by atoms with Gasteiger partial charge >= 0.3 is 0 Å². The molecule has 0 atom stereocenters. The van der Waals surface area contributed by atoms with Crippen LogP contribution < -0.4 is 4.74 Å². The summed E-state index contributed by atoms with van der Waals surface area (Å²) in [5.41, 5.74) is 3.47. The number of aromatic nitrogens is 1. The van der Waals surface area contributed by atoms with Gasteiger partial charge in [0, 0.05) is 28.2 Å². The Bertz CT molecular complexity index is 1210. The SMILES string of the molecule is Cc1cc(Cl)ccc1C(=O)c1cnc2cc(OCc3ccccc3)ccc2c1Cl. The molecule has 144 valence electrons. The number of carbonyl (C=O) groups is 1. The van der Waals surface area contributed by atoms with Crippen LogP contribution in [0.3, 0.4) is 0 Å². The van der Waals surface area contributed by atoms with E-state index in [0.29, 0.717) is 44.4 Å². The molecule has 29 heavy (non-hydrogen) atoms. The maximum Gasteiger partial charge on any atom is 0.196 e. The van der Waals surface area contributed by atoms with Crippen molar-refractivity contribution in [2.75, 3.05) is 0 Å². The Hall–Kier alpha value is -2.88. The highest BCUT2D eigenvalue weighted by atomic mass is 35.5. The molecule has 1 heterocycles. The molecule has 0 saturated carbocycles. The number of pyridine rings is 1. The summed E-state index contributed by atoms with van der Waals surface area (Å²) in [6.45, 7) is 2.31. The third-order valence-corrected chi connectivity index (χ3v) is 5.34. The summed E-state index contributed by atoms with van der Waals surface area (Å²) in [4.78, 5) is 17.4. The van der Waals surface area contributed by atoms with Gasteiger partial charge < -0.3 is 4.74 Å². The molecule has 3 nitrogen and oxygen atoms in total. The Kier molecular flexibility index (Phi) is 5.52.